The first-order valence-corrected chi connectivity index (χ1v) is 8.88. The summed E-state index contributed by atoms with van der Waals surface area (Å²) in [4.78, 5) is 14.8. The van der Waals surface area contributed by atoms with Gasteiger partial charge in [-0.2, -0.15) is 5.10 Å². The lowest BCUT2D eigenvalue weighted by molar-refractivity contribution is 0.178. The Morgan fingerprint density at radius 1 is 1.29 bits per heavy atom. The van der Waals surface area contributed by atoms with E-state index < -0.39 is 0 Å². The summed E-state index contributed by atoms with van der Waals surface area (Å²) >= 11 is 0. The van der Waals surface area contributed by atoms with Gasteiger partial charge in [0.05, 0.1) is 6.20 Å². The van der Waals surface area contributed by atoms with Crippen molar-refractivity contribution < 1.29 is 4.79 Å². The highest BCUT2D eigenvalue weighted by Crippen LogP contribution is 2.52. The van der Waals surface area contributed by atoms with Crippen LogP contribution >= 0.6 is 0 Å². The van der Waals surface area contributed by atoms with Crippen molar-refractivity contribution in [1.29, 1.82) is 0 Å². The summed E-state index contributed by atoms with van der Waals surface area (Å²) in [7, 11) is 0. The van der Waals surface area contributed by atoms with Crippen LogP contribution in [0.2, 0.25) is 0 Å². The topological polar surface area (TPSA) is 61.0 Å². The Bertz CT molecular complexity index is 792. The highest BCUT2D eigenvalue weighted by atomic mass is 16.2. The molecule has 2 amide bonds. The zero-order valence-corrected chi connectivity index (χ0v) is 13.7. The first-order chi connectivity index (χ1) is 11.7. The molecule has 1 aromatic carbocycles. The SMILES string of the molecule is O=C(NC1CCc2[nH]ncc2C1)N1Cc2ccccc2C2(CC2)C1. The third kappa shape index (κ3) is 2.22. The maximum Gasteiger partial charge on any atom is 0.317 e. The number of benzene rings is 1. The molecular weight excluding hydrogens is 300 g/mol. The second-order valence-corrected chi connectivity index (χ2v) is 7.56. The second kappa shape index (κ2) is 5.10. The predicted octanol–water partition coefficient (Wildman–Crippen LogP) is 2.52. The zero-order chi connectivity index (χ0) is 16.1. The Hall–Kier alpha value is -2.30. The molecule has 5 rings (SSSR count). The number of carbonyl (C=O) groups is 1. The molecule has 2 aromatic rings. The van der Waals surface area contributed by atoms with E-state index in [0.29, 0.717) is 0 Å². The lowest BCUT2D eigenvalue weighted by Gasteiger charge is -2.36. The Balaban J connectivity index is 1.31. The lowest BCUT2D eigenvalue weighted by Crippen LogP contribution is -2.50. The quantitative estimate of drug-likeness (QED) is 0.847. The molecule has 2 aliphatic carbocycles. The predicted molar refractivity (Wildman–Crippen MR) is 90.7 cm³/mol. The molecule has 1 atom stereocenters. The van der Waals surface area contributed by atoms with Crippen molar-refractivity contribution in [2.45, 2.75) is 50.1 Å². The number of amides is 2. The van der Waals surface area contributed by atoms with E-state index in [2.05, 4.69) is 39.8 Å². The van der Waals surface area contributed by atoms with Crippen LogP contribution in [-0.4, -0.2) is 33.7 Å². The highest BCUT2D eigenvalue weighted by molar-refractivity contribution is 5.75. The molecule has 5 heteroatoms. The molecular formula is C19H22N4O. The van der Waals surface area contributed by atoms with Crippen LogP contribution < -0.4 is 5.32 Å². The van der Waals surface area contributed by atoms with Crippen LogP contribution in [0.15, 0.2) is 30.5 Å². The first-order valence-electron chi connectivity index (χ1n) is 8.88. The van der Waals surface area contributed by atoms with Crippen LogP contribution in [0.25, 0.3) is 0 Å². The molecule has 0 bridgehead atoms. The van der Waals surface area contributed by atoms with E-state index >= 15 is 0 Å². The van der Waals surface area contributed by atoms with Crippen LogP contribution in [0, 0.1) is 0 Å². The molecule has 1 unspecified atom stereocenters. The third-order valence-corrected chi connectivity index (χ3v) is 5.93. The number of aromatic amines is 1. The van der Waals surface area contributed by atoms with E-state index in [4.69, 9.17) is 0 Å². The molecule has 0 radical (unpaired) electrons. The molecule has 24 heavy (non-hydrogen) atoms. The van der Waals surface area contributed by atoms with Crippen LogP contribution in [0.1, 0.15) is 41.6 Å². The maximum atomic E-state index is 12.8. The molecule has 1 aliphatic heterocycles. The first kappa shape index (κ1) is 14.1. The average molecular weight is 322 g/mol. The monoisotopic (exact) mass is 322 g/mol. The summed E-state index contributed by atoms with van der Waals surface area (Å²) in [6, 6.07) is 8.94. The summed E-state index contributed by atoms with van der Waals surface area (Å²) in [6.07, 6.45) is 7.13. The fourth-order valence-corrected chi connectivity index (χ4v) is 4.41. The number of hydrogen-bond donors (Lipinski definition) is 2. The number of urea groups is 1. The van der Waals surface area contributed by atoms with E-state index in [1.807, 2.05) is 11.1 Å². The number of aryl methyl sites for hydroxylation is 1. The fourth-order valence-electron chi connectivity index (χ4n) is 4.41. The van der Waals surface area contributed by atoms with Crippen molar-refractivity contribution in [1.82, 2.24) is 20.4 Å². The van der Waals surface area contributed by atoms with E-state index in [9.17, 15) is 4.79 Å². The van der Waals surface area contributed by atoms with Crippen molar-refractivity contribution in [2.75, 3.05) is 6.54 Å². The third-order valence-electron chi connectivity index (χ3n) is 5.93. The van der Waals surface area contributed by atoms with Gasteiger partial charge in [0.2, 0.25) is 0 Å². The van der Waals surface area contributed by atoms with Gasteiger partial charge >= 0.3 is 6.03 Å². The normalized spacial score (nSPS) is 23.5. The summed E-state index contributed by atoms with van der Waals surface area (Å²) in [5.74, 6) is 0. The number of nitrogens with one attached hydrogen (secondary N) is 2. The van der Waals surface area contributed by atoms with Gasteiger partial charge in [-0.05, 0) is 48.8 Å². The van der Waals surface area contributed by atoms with Gasteiger partial charge in [0.25, 0.3) is 0 Å². The van der Waals surface area contributed by atoms with Gasteiger partial charge in [-0.25, -0.2) is 4.79 Å². The molecule has 2 N–H and O–H groups in total. The van der Waals surface area contributed by atoms with Gasteiger partial charge in [0.1, 0.15) is 0 Å². The molecule has 5 nitrogen and oxygen atoms in total. The van der Waals surface area contributed by atoms with Crippen LogP contribution in [-0.2, 0) is 24.8 Å². The summed E-state index contributed by atoms with van der Waals surface area (Å²) in [6.45, 7) is 1.59. The van der Waals surface area contributed by atoms with Crippen molar-refractivity contribution in [3.05, 3.63) is 52.8 Å². The van der Waals surface area contributed by atoms with E-state index in [1.165, 1.54) is 35.2 Å². The smallest absolute Gasteiger partial charge is 0.317 e. The Morgan fingerprint density at radius 3 is 3.04 bits per heavy atom. The molecule has 124 valence electrons. The molecule has 3 aliphatic rings. The number of H-pyrrole nitrogens is 1. The number of hydrogen-bond acceptors (Lipinski definition) is 2. The summed E-state index contributed by atoms with van der Waals surface area (Å²) in [5, 5.41) is 10.4. The number of carbonyl (C=O) groups excluding carboxylic acids is 1. The lowest BCUT2D eigenvalue weighted by atomic mass is 9.87. The zero-order valence-electron chi connectivity index (χ0n) is 13.7. The van der Waals surface area contributed by atoms with Gasteiger partial charge in [-0.15, -0.1) is 0 Å². The molecule has 1 fully saturated rings. The van der Waals surface area contributed by atoms with Gasteiger partial charge in [0, 0.05) is 30.2 Å². The highest BCUT2D eigenvalue weighted by Gasteiger charge is 2.49. The molecule has 1 saturated carbocycles. The second-order valence-electron chi connectivity index (χ2n) is 7.56. The van der Waals surface area contributed by atoms with Crippen LogP contribution in [0.3, 0.4) is 0 Å². The van der Waals surface area contributed by atoms with Crippen LogP contribution in [0.4, 0.5) is 4.79 Å². The van der Waals surface area contributed by atoms with E-state index in [-0.39, 0.29) is 17.5 Å². The van der Waals surface area contributed by atoms with Crippen molar-refractivity contribution >= 4 is 6.03 Å². The average Bonchev–Trinajstić information content (AvgIpc) is 3.20. The van der Waals surface area contributed by atoms with Gasteiger partial charge < -0.3 is 10.2 Å². The number of rotatable bonds is 1. The van der Waals surface area contributed by atoms with Crippen LogP contribution in [0.5, 0.6) is 0 Å². The van der Waals surface area contributed by atoms with Gasteiger partial charge in [-0.3, -0.25) is 5.10 Å². The summed E-state index contributed by atoms with van der Waals surface area (Å²) in [5.41, 5.74) is 5.49. The largest absolute Gasteiger partial charge is 0.335 e. The minimum Gasteiger partial charge on any atom is -0.335 e. The van der Waals surface area contributed by atoms with Crippen molar-refractivity contribution in [2.24, 2.45) is 0 Å². The molecule has 1 spiro atoms. The molecule has 2 heterocycles. The number of nitrogens with zero attached hydrogens (tertiary/aromatic N) is 2. The molecule has 0 saturated heterocycles. The van der Waals surface area contributed by atoms with Gasteiger partial charge in [-0.1, -0.05) is 24.3 Å². The number of fused-ring (bicyclic) bond motifs is 3. The standard InChI is InChI=1S/C19H22N4O/c24-18(21-15-5-6-17-14(9-15)10-20-22-17)23-11-13-3-1-2-4-16(13)19(12-23)7-8-19/h1-4,10,15H,5-9,11-12H2,(H,20,22)(H,21,24). The fraction of sp³-hybridized carbons (Fsp3) is 0.474. The Morgan fingerprint density at radius 2 is 2.17 bits per heavy atom. The van der Waals surface area contributed by atoms with E-state index in [1.54, 1.807) is 0 Å². The van der Waals surface area contributed by atoms with Gasteiger partial charge in [0.15, 0.2) is 0 Å². The minimum absolute atomic E-state index is 0.0905. The molecule has 1 aromatic heterocycles. The Labute approximate surface area is 141 Å². The maximum absolute atomic E-state index is 12.8. The van der Waals surface area contributed by atoms with Crippen molar-refractivity contribution in [3.8, 4) is 0 Å². The van der Waals surface area contributed by atoms with Crippen molar-refractivity contribution in [3.63, 3.8) is 0 Å². The summed E-state index contributed by atoms with van der Waals surface area (Å²) < 4.78 is 0. The number of aromatic nitrogens is 2. The Kier molecular flexibility index (Phi) is 2.99. The minimum atomic E-state index is 0.0905. The van der Waals surface area contributed by atoms with E-state index in [0.717, 1.165) is 32.4 Å².